The van der Waals surface area contributed by atoms with Crippen LogP contribution in [0.3, 0.4) is 0 Å². The van der Waals surface area contributed by atoms with Crippen LogP contribution in [0, 0.1) is 5.41 Å². The number of hydrogen-bond donors (Lipinski definition) is 1. The van der Waals surface area contributed by atoms with Crippen LogP contribution in [-0.4, -0.2) is 35.0 Å². The first-order chi connectivity index (χ1) is 7.64. The minimum absolute atomic E-state index is 0.131. The number of amides is 1. The van der Waals surface area contributed by atoms with Gasteiger partial charge in [0.2, 0.25) is 5.91 Å². The van der Waals surface area contributed by atoms with E-state index in [-0.39, 0.29) is 5.91 Å². The van der Waals surface area contributed by atoms with Crippen LogP contribution in [0.4, 0.5) is 0 Å². The summed E-state index contributed by atoms with van der Waals surface area (Å²) in [6.07, 6.45) is 6.02. The quantitative estimate of drug-likeness (QED) is 0.794. The second-order valence-electron chi connectivity index (χ2n) is 5.06. The average molecular weight is 225 g/mol. The van der Waals surface area contributed by atoms with Gasteiger partial charge in [-0.05, 0) is 19.3 Å². The number of carbonyl (C=O) groups is 2. The molecular weight excluding hydrogens is 206 g/mol. The molecule has 1 saturated heterocycles. The zero-order valence-corrected chi connectivity index (χ0v) is 9.57. The maximum atomic E-state index is 11.5. The summed E-state index contributed by atoms with van der Waals surface area (Å²) in [7, 11) is 0. The topological polar surface area (TPSA) is 57.6 Å². The summed E-state index contributed by atoms with van der Waals surface area (Å²) in [4.78, 5) is 24.7. The monoisotopic (exact) mass is 225 g/mol. The lowest BCUT2D eigenvalue weighted by Gasteiger charge is -2.36. The highest BCUT2D eigenvalue weighted by atomic mass is 16.4. The lowest BCUT2D eigenvalue weighted by molar-refractivity contribution is -0.153. The molecule has 0 spiro atoms. The maximum absolute atomic E-state index is 11.5. The molecule has 2 aliphatic rings. The third kappa shape index (κ3) is 2.06. The second-order valence-corrected chi connectivity index (χ2v) is 5.06. The molecule has 16 heavy (non-hydrogen) atoms. The zero-order valence-electron chi connectivity index (χ0n) is 9.57. The molecule has 0 bridgehead atoms. The van der Waals surface area contributed by atoms with Crippen molar-refractivity contribution in [2.45, 2.75) is 44.9 Å². The second kappa shape index (κ2) is 4.44. The first-order valence-corrected chi connectivity index (χ1v) is 6.15. The predicted octanol–water partition coefficient (Wildman–Crippen LogP) is 1.64. The Kier molecular flexibility index (Phi) is 3.17. The molecule has 0 radical (unpaired) electrons. The Hall–Kier alpha value is -1.06. The van der Waals surface area contributed by atoms with Crippen molar-refractivity contribution >= 4 is 11.9 Å². The van der Waals surface area contributed by atoms with E-state index in [4.69, 9.17) is 0 Å². The van der Waals surface area contributed by atoms with E-state index in [0.29, 0.717) is 13.0 Å². The van der Waals surface area contributed by atoms with Gasteiger partial charge in [-0.1, -0.05) is 19.3 Å². The van der Waals surface area contributed by atoms with E-state index in [1.165, 1.54) is 0 Å². The van der Waals surface area contributed by atoms with Gasteiger partial charge in [0.1, 0.15) is 0 Å². The third-order valence-electron chi connectivity index (χ3n) is 3.93. The smallest absolute Gasteiger partial charge is 0.311 e. The standard InChI is InChI=1S/C12H19NO3/c14-10-5-4-8-13(10)9-12(11(15)16)6-2-1-3-7-12/h1-9H2,(H,15,16). The molecule has 0 unspecified atom stereocenters. The van der Waals surface area contributed by atoms with E-state index in [0.717, 1.165) is 45.1 Å². The van der Waals surface area contributed by atoms with Crippen LogP contribution in [0.1, 0.15) is 44.9 Å². The van der Waals surface area contributed by atoms with Crippen molar-refractivity contribution in [2.24, 2.45) is 5.41 Å². The molecule has 2 rings (SSSR count). The zero-order chi connectivity index (χ0) is 11.6. The Labute approximate surface area is 95.6 Å². The van der Waals surface area contributed by atoms with E-state index in [2.05, 4.69) is 0 Å². The van der Waals surface area contributed by atoms with Crippen molar-refractivity contribution in [3.63, 3.8) is 0 Å². The van der Waals surface area contributed by atoms with Crippen LogP contribution >= 0.6 is 0 Å². The van der Waals surface area contributed by atoms with Gasteiger partial charge in [-0.25, -0.2) is 0 Å². The summed E-state index contributed by atoms with van der Waals surface area (Å²) >= 11 is 0. The van der Waals surface area contributed by atoms with E-state index < -0.39 is 11.4 Å². The molecule has 2 fully saturated rings. The van der Waals surface area contributed by atoms with Crippen LogP contribution in [0.2, 0.25) is 0 Å². The first-order valence-electron chi connectivity index (χ1n) is 6.15. The fourth-order valence-electron chi connectivity index (χ4n) is 2.90. The molecule has 1 amide bonds. The van der Waals surface area contributed by atoms with Gasteiger partial charge in [-0.3, -0.25) is 9.59 Å². The van der Waals surface area contributed by atoms with Crippen LogP contribution < -0.4 is 0 Å². The van der Waals surface area contributed by atoms with Gasteiger partial charge in [0, 0.05) is 19.5 Å². The molecule has 1 saturated carbocycles. The molecule has 1 heterocycles. The van der Waals surface area contributed by atoms with Crippen LogP contribution in [0.15, 0.2) is 0 Å². The summed E-state index contributed by atoms with van der Waals surface area (Å²) < 4.78 is 0. The number of aliphatic carboxylic acids is 1. The Balaban J connectivity index is 2.07. The van der Waals surface area contributed by atoms with Crippen LogP contribution in [0.25, 0.3) is 0 Å². The minimum Gasteiger partial charge on any atom is -0.481 e. The molecule has 0 aromatic rings. The van der Waals surface area contributed by atoms with E-state index in [1.54, 1.807) is 4.90 Å². The highest BCUT2D eigenvalue weighted by Gasteiger charge is 2.42. The van der Waals surface area contributed by atoms with Gasteiger partial charge in [-0.2, -0.15) is 0 Å². The largest absolute Gasteiger partial charge is 0.481 e. The molecule has 4 nitrogen and oxygen atoms in total. The molecule has 0 aromatic heterocycles. The Morgan fingerprint density at radius 2 is 1.94 bits per heavy atom. The van der Waals surface area contributed by atoms with E-state index >= 15 is 0 Å². The van der Waals surface area contributed by atoms with Gasteiger partial charge >= 0.3 is 5.97 Å². The number of carbonyl (C=O) groups excluding carboxylic acids is 1. The summed E-state index contributed by atoms with van der Waals surface area (Å²) in [5.41, 5.74) is -0.655. The number of hydrogen-bond acceptors (Lipinski definition) is 2. The maximum Gasteiger partial charge on any atom is 0.311 e. The van der Waals surface area contributed by atoms with Crippen molar-refractivity contribution in [3.05, 3.63) is 0 Å². The van der Waals surface area contributed by atoms with Crippen LogP contribution in [0.5, 0.6) is 0 Å². The molecule has 0 atom stereocenters. The lowest BCUT2D eigenvalue weighted by Crippen LogP contribution is -2.44. The molecule has 1 aliphatic heterocycles. The Bertz CT molecular complexity index is 295. The predicted molar refractivity (Wildman–Crippen MR) is 59.0 cm³/mol. The first kappa shape index (κ1) is 11.4. The summed E-state index contributed by atoms with van der Waals surface area (Å²) in [5, 5.41) is 9.40. The summed E-state index contributed by atoms with van der Waals surface area (Å²) in [6.45, 7) is 1.18. The van der Waals surface area contributed by atoms with Crippen molar-refractivity contribution in [1.29, 1.82) is 0 Å². The minimum atomic E-state index is -0.716. The van der Waals surface area contributed by atoms with Gasteiger partial charge in [0.15, 0.2) is 0 Å². The highest BCUT2D eigenvalue weighted by molar-refractivity contribution is 5.80. The Morgan fingerprint density at radius 1 is 1.25 bits per heavy atom. The molecular formula is C12H19NO3. The van der Waals surface area contributed by atoms with Crippen molar-refractivity contribution in [3.8, 4) is 0 Å². The lowest BCUT2D eigenvalue weighted by atomic mass is 9.73. The van der Waals surface area contributed by atoms with E-state index in [9.17, 15) is 14.7 Å². The van der Waals surface area contributed by atoms with E-state index in [1.807, 2.05) is 0 Å². The van der Waals surface area contributed by atoms with Gasteiger partial charge < -0.3 is 10.0 Å². The molecule has 90 valence electrons. The molecule has 0 aromatic carbocycles. The van der Waals surface area contributed by atoms with Crippen molar-refractivity contribution in [1.82, 2.24) is 4.90 Å². The number of carboxylic acid groups (broad SMARTS) is 1. The van der Waals surface area contributed by atoms with Crippen molar-refractivity contribution < 1.29 is 14.7 Å². The molecule has 1 aliphatic carbocycles. The van der Waals surface area contributed by atoms with Gasteiger partial charge in [0.05, 0.1) is 5.41 Å². The molecule has 1 N–H and O–H groups in total. The normalized spacial score (nSPS) is 24.8. The summed E-state index contributed by atoms with van der Waals surface area (Å²) in [6, 6.07) is 0. The van der Waals surface area contributed by atoms with Crippen molar-refractivity contribution in [2.75, 3.05) is 13.1 Å². The SMILES string of the molecule is O=C1CCCN1CC1(C(=O)O)CCCCC1. The van der Waals surface area contributed by atoms with Gasteiger partial charge in [-0.15, -0.1) is 0 Å². The average Bonchev–Trinajstić information content (AvgIpc) is 2.65. The van der Waals surface area contributed by atoms with Gasteiger partial charge in [0.25, 0.3) is 0 Å². The number of rotatable bonds is 3. The number of carboxylic acids is 1. The fourth-order valence-corrected chi connectivity index (χ4v) is 2.90. The highest BCUT2D eigenvalue weighted by Crippen LogP contribution is 2.38. The fraction of sp³-hybridized carbons (Fsp3) is 0.833. The Morgan fingerprint density at radius 3 is 2.44 bits per heavy atom. The number of nitrogens with zero attached hydrogens (tertiary/aromatic N) is 1. The summed E-state index contributed by atoms with van der Waals surface area (Å²) in [5.74, 6) is -0.585. The number of likely N-dealkylation sites (tertiary alicyclic amines) is 1. The third-order valence-corrected chi connectivity index (χ3v) is 3.93. The van der Waals surface area contributed by atoms with Crippen LogP contribution in [-0.2, 0) is 9.59 Å². The molecule has 4 heteroatoms.